The first-order valence-electron chi connectivity index (χ1n) is 11.3. The molecule has 0 saturated heterocycles. The van der Waals surface area contributed by atoms with E-state index >= 15 is 0 Å². The molecule has 178 valence electrons. The van der Waals surface area contributed by atoms with Crippen molar-refractivity contribution in [1.29, 1.82) is 0 Å². The normalized spacial score (nSPS) is 11.7. The minimum Gasteiger partial charge on any atom is -0.480 e. The van der Waals surface area contributed by atoms with Gasteiger partial charge >= 0.3 is 5.97 Å². The Balaban J connectivity index is 1.83. The second-order valence-electron chi connectivity index (χ2n) is 8.09. The van der Waals surface area contributed by atoms with E-state index in [2.05, 4.69) is 17.2 Å². The van der Waals surface area contributed by atoms with Crippen LogP contribution in [0.5, 0.6) is 0 Å². The number of nitrogens with one attached hydrogen (secondary N) is 1. The molecule has 2 N–H and O–H groups in total. The van der Waals surface area contributed by atoms with Crippen molar-refractivity contribution < 1.29 is 14.7 Å². The average molecular weight is 482 g/mol. The van der Waals surface area contributed by atoms with E-state index in [0.29, 0.717) is 23.0 Å². The number of carboxylic acid groups (broad SMARTS) is 1. The van der Waals surface area contributed by atoms with Crippen molar-refractivity contribution >= 4 is 23.5 Å². The van der Waals surface area contributed by atoms with Crippen LogP contribution in [0.3, 0.4) is 0 Å². The molecule has 0 aliphatic heterocycles. The Kier molecular flexibility index (Phi) is 8.99. The van der Waals surface area contributed by atoms with Crippen LogP contribution in [0.25, 0.3) is 11.3 Å². The molecule has 0 aliphatic carbocycles. The average Bonchev–Trinajstić information content (AvgIpc) is 2.81. The van der Waals surface area contributed by atoms with Gasteiger partial charge in [-0.2, -0.15) is 0 Å². The Morgan fingerprint density at radius 2 is 1.79 bits per heavy atom. The molecule has 0 aliphatic rings. The van der Waals surface area contributed by atoms with Crippen LogP contribution in [0, 0.1) is 0 Å². The molecule has 7 nitrogen and oxygen atoms in total. The number of carbonyl (C=O) groups excluding carboxylic acids is 1. The molecule has 2 aromatic carbocycles. The zero-order valence-corrected chi connectivity index (χ0v) is 19.8. The zero-order valence-electron chi connectivity index (χ0n) is 19.0. The lowest BCUT2D eigenvalue weighted by atomic mass is 10.1. The van der Waals surface area contributed by atoms with Gasteiger partial charge in [-0.05, 0) is 24.1 Å². The highest BCUT2D eigenvalue weighted by Crippen LogP contribution is 2.19. The van der Waals surface area contributed by atoms with E-state index in [-0.39, 0.29) is 18.5 Å². The lowest BCUT2D eigenvalue weighted by Gasteiger charge is -2.17. The summed E-state index contributed by atoms with van der Waals surface area (Å²) in [5.74, 6) is -1.19. The van der Waals surface area contributed by atoms with Gasteiger partial charge in [0.25, 0.3) is 5.56 Å². The maximum absolute atomic E-state index is 13.0. The Morgan fingerprint density at radius 1 is 1.09 bits per heavy atom. The molecule has 34 heavy (non-hydrogen) atoms. The highest BCUT2D eigenvalue weighted by Gasteiger charge is 2.22. The predicted octanol–water partition coefficient (Wildman–Crippen LogP) is 4.11. The monoisotopic (exact) mass is 481 g/mol. The maximum Gasteiger partial charge on any atom is 0.326 e. The molecule has 3 aromatic rings. The maximum atomic E-state index is 13.0. The number of unbranched alkanes of at least 4 members (excludes halogenated alkanes) is 2. The molecular formula is C26H28ClN3O4. The summed E-state index contributed by atoms with van der Waals surface area (Å²) in [5.41, 5.74) is 1.69. The molecule has 3 rings (SSSR count). The van der Waals surface area contributed by atoms with Crippen LogP contribution >= 0.6 is 11.6 Å². The zero-order chi connectivity index (χ0) is 24.5. The second kappa shape index (κ2) is 12.1. The predicted molar refractivity (Wildman–Crippen MR) is 132 cm³/mol. The SMILES string of the molecule is CCCCCc1nc(-c2ccc(Cl)cc2)cc(=O)n1CC(=O)NC(Cc1ccccc1)C(=O)O. The fraction of sp³-hybridized carbons (Fsp3) is 0.308. The van der Waals surface area contributed by atoms with E-state index in [9.17, 15) is 19.5 Å². The van der Waals surface area contributed by atoms with Gasteiger partial charge < -0.3 is 10.4 Å². The van der Waals surface area contributed by atoms with Crippen LogP contribution < -0.4 is 10.9 Å². The number of amides is 1. The lowest BCUT2D eigenvalue weighted by molar-refractivity contribution is -0.141. The van der Waals surface area contributed by atoms with Crippen LogP contribution in [-0.4, -0.2) is 32.6 Å². The van der Waals surface area contributed by atoms with E-state index in [4.69, 9.17) is 11.6 Å². The smallest absolute Gasteiger partial charge is 0.326 e. The summed E-state index contributed by atoms with van der Waals surface area (Å²) in [6.07, 6.45) is 3.46. The van der Waals surface area contributed by atoms with Crippen molar-refractivity contribution in [2.45, 2.75) is 51.6 Å². The number of halogens is 1. The van der Waals surface area contributed by atoms with Crippen LogP contribution in [0.4, 0.5) is 0 Å². The van der Waals surface area contributed by atoms with Gasteiger partial charge in [-0.1, -0.05) is 73.8 Å². The van der Waals surface area contributed by atoms with E-state index in [0.717, 1.165) is 30.4 Å². The van der Waals surface area contributed by atoms with Gasteiger partial charge in [0, 0.05) is 29.5 Å². The number of hydrogen-bond acceptors (Lipinski definition) is 4. The number of aromatic nitrogens is 2. The fourth-order valence-electron chi connectivity index (χ4n) is 3.65. The largest absolute Gasteiger partial charge is 0.480 e. The molecule has 0 fully saturated rings. The summed E-state index contributed by atoms with van der Waals surface area (Å²) >= 11 is 5.97. The third-order valence-electron chi connectivity index (χ3n) is 5.45. The van der Waals surface area contributed by atoms with Crippen molar-refractivity contribution in [2.24, 2.45) is 0 Å². The summed E-state index contributed by atoms with van der Waals surface area (Å²) in [4.78, 5) is 42.1. The molecule has 0 saturated carbocycles. The van der Waals surface area contributed by atoms with Gasteiger partial charge in [-0.3, -0.25) is 14.2 Å². The number of benzene rings is 2. The Hall–Kier alpha value is -3.45. The first-order valence-corrected chi connectivity index (χ1v) is 11.7. The van der Waals surface area contributed by atoms with Crippen molar-refractivity contribution in [3.63, 3.8) is 0 Å². The van der Waals surface area contributed by atoms with Crippen LogP contribution in [0.1, 0.15) is 37.6 Å². The van der Waals surface area contributed by atoms with Gasteiger partial charge in [-0.25, -0.2) is 9.78 Å². The molecule has 1 amide bonds. The van der Waals surface area contributed by atoms with E-state index in [1.54, 1.807) is 36.4 Å². The second-order valence-corrected chi connectivity index (χ2v) is 8.53. The number of rotatable bonds is 11. The van der Waals surface area contributed by atoms with Crippen molar-refractivity contribution in [3.05, 3.63) is 87.4 Å². The topological polar surface area (TPSA) is 101 Å². The Bertz CT molecular complexity index is 1180. The first kappa shape index (κ1) is 25.2. The molecule has 1 unspecified atom stereocenters. The van der Waals surface area contributed by atoms with Gasteiger partial charge in [0.2, 0.25) is 5.91 Å². The first-order chi connectivity index (χ1) is 16.4. The number of hydrogen-bond donors (Lipinski definition) is 2. The van der Waals surface area contributed by atoms with Crippen LogP contribution in [0.15, 0.2) is 65.5 Å². The molecular weight excluding hydrogens is 454 g/mol. The summed E-state index contributed by atoms with van der Waals surface area (Å²) in [6.45, 7) is 1.78. The lowest BCUT2D eigenvalue weighted by Crippen LogP contribution is -2.45. The van der Waals surface area contributed by atoms with Gasteiger partial charge in [-0.15, -0.1) is 0 Å². The summed E-state index contributed by atoms with van der Waals surface area (Å²) in [5, 5.41) is 12.7. The van der Waals surface area contributed by atoms with Crippen molar-refractivity contribution in [1.82, 2.24) is 14.9 Å². The van der Waals surface area contributed by atoms with Gasteiger partial charge in [0.15, 0.2) is 0 Å². The number of carboxylic acids is 1. The Morgan fingerprint density at radius 3 is 2.44 bits per heavy atom. The van der Waals surface area contributed by atoms with E-state index < -0.39 is 17.9 Å². The van der Waals surface area contributed by atoms with E-state index in [1.165, 1.54) is 10.6 Å². The molecule has 0 spiro atoms. The number of nitrogens with zero attached hydrogens (tertiary/aromatic N) is 2. The Labute approximate surface area is 203 Å². The minimum absolute atomic E-state index is 0.147. The summed E-state index contributed by atoms with van der Waals surface area (Å²) in [6, 6.07) is 16.4. The number of aliphatic carboxylic acids is 1. The molecule has 0 bridgehead atoms. The fourth-order valence-corrected chi connectivity index (χ4v) is 3.77. The molecule has 1 heterocycles. The van der Waals surface area contributed by atoms with Crippen LogP contribution in [-0.2, 0) is 29.0 Å². The quantitative estimate of drug-likeness (QED) is 0.401. The molecule has 1 aromatic heterocycles. The highest BCUT2D eigenvalue weighted by atomic mass is 35.5. The van der Waals surface area contributed by atoms with Crippen molar-refractivity contribution in [2.75, 3.05) is 0 Å². The van der Waals surface area contributed by atoms with E-state index in [1.807, 2.05) is 18.2 Å². The van der Waals surface area contributed by atoms with Crippen LogP contribution in [0.2, 0.25) is 5.02 Å². The molecule has 1 atom stereocenters. The number of carbonyl (C=O) groups is 2. The number of aryl methyl sites for hydroxylation is 1. The van der Waals surface area contributed by atoms with Gasteiger partial charge in [0.05, 0.1) is 5.69 Å². The third kappa shape index (κ3) is 7.02. The minimum atomic E-state index is -1.14. The molecule has 8 heteroatoms. The highest BCUT2D eigenvalue weighted by molar-refractivity contribution is 6.30. The molecule has 0 radical (unpaired) electrons. The standard InChI is InChI=1S/C26H28ClN3O4/c1-2-3-5-10-23-28-21(19-11-13-20(27)14-12-19)16-25(32)30(23)17-24(31)29-22(26(33)34)15-18-8-6-4-7-9-18/h4,6-9,11-14,16,22H,2-3,5,10,15,17H2,1H3,(H,29,31)(H,33,34). The van der Waals surface area contributed by atoms with Gasteiger partial charge in [0.1, 0.15) is 18.4 Å². The summed E-state index contributed by atoms with van der Waals surface area (Å²) < 4.78 is 1.33. The van der Waals surface area contributed by atoms with Crippen molar-refractivity contribution in [3.8, 4) is 11.3 Å². The third-order valence-corrected chi connectivity index (χ3v) is 5.70. The summed E-state index contributed by atoms with van der Waals surface area (Å²) in [7, 11) is 0.